The molecule has 0 unspecified atom stereocenters. The van der Waals surface area contributed by atoms with Gasteiger partial charge >= 0.3 is 6.03 Å². The van der Waals surface area contributed by atoms with E-state index < -0.39 is 9.84 Å². The van der Waals surface area contributed by atoms with E-state index in [4.69, 9.17) is 4.74 Å². The van der Waals surface area contributed by atoms with Crippen molar-refractivity contribution in [3.8, 4) is 5.75 Å². The normalized spacial score (nSPS) is 17.0. The molecule has 2 rings (SSSR count). The van der Waals surface area contributed by atoms with Crippen LogP contribution >= 0.6 is 0 Å². The Morgan fingerprint density at radius 2 is 1.85 bits per heavy atom. The number of hydrogen-bond donors (Lipinski definition) is 2. The van der Waals surface area contributed by atoms with E-state index in [1.54, 1.807) is 6.07 Å². The Labute approximate surface area is 156 Å². The van der Waals surface area contributed by atoms with E-state index in [0.717, 1.165) is 19.6 Å². The first-order valence-corrected chi connectivity index (χ1v) is 11.0. The zero-order valence-electron chi connectivity index (χ0n) is 15.5. The lowest BCUT2D eigenvalue weighted by molar-refractivity contribution is 0.223. The molecule has 8 heteroatoms. The molecule has 0 spiro atoms. The molecular weight excluding hydrogens is 354 g/mol. The molecule has 1 heterocycles. The summed E-state index contributed by atoms with van der Waals surface area (Å²) in [6.45, 7) is 7.53. The highest BCUT2D eigenvalue weighted by molar-refractivity contribution is 7.91. The summed E-state index contributed by atoms with van der Waals surface area (Å²) in [7, 11) is -2.93. The molecule has 0 radical (unpaired) electrons. The molecule has 1 aliphatic heterocycles. The molecule has 146 valence electrons. The first-order chi connectivity index (χ1) is 12.4. The maximum absolute atomic E-state index is 12.2. The Bertz CT molecular complexity index is 675. The molecule has 26 heavy (non-hydrogen) atoms. The molecule has 0 saturated carbocycles. The SMILES string of the molecule is CCN(CC)CCOc1ccccc1NC(=O)NC1CCS(=O)(=O)CC1. The fourth-order valence-electron chi connectivity index (χ4n) is 2.90. The second-order valence-electron chi connectivity index (χ2n) is 6.40. The lowest BCUT2D eigenvalue weighted by Crippen LogP contribution is -2.42. The van der Waals surface area contributed by atoms with Crippen molar-refractivity contribution in [3.63, 3.8) is 0 Å². The van der Waals surface area contributed by atoms with Gasteiger partial charge in [0.15, 0.2) is 0 Å². The van der Waals surface area contributed by atoms with Gasteiger partial charge in [0.25, 0.3) is 0 Å². The summed E-state index contributed by atoms with van der Waals surface area (Å²) in [5, 5.41) is 5.65. The van der Waals surface area contributed by atoms with Gasteiger partial charge in [-0.25, -0.2) is 13.2 Å². The van der Waals surface area contributed by atoms with E-state index in [1.165, 1.54) is 0 Å². The van der Waals surface area contributed by atoms with Gasteiger partial charge in [-0.1, -0.05) is 26.0 Å². The second kappa shape index (κ2) is 9.78. The minimum absolute atomic E-state index is 0.116. The highest BCUT2D eigenvalue weighted by Crippen LogP contribution is 2.23. The second-order valence-corrected chi connectivity index (χ2v) is 8.70. The van der Waals surface area contributed by atoms with E-state index in [2.05, 4.69) is 29.4 Å². The standard InChI is InChI=1S/C18H29N3O4S/c1-3-21(4-2)11-12-25-17-8-6-5-7-16(17)20-18(22)19-15-9-13-26(23,24)14-10-15/h5-8,15H,3-4,9-14H2,1-2H3,(H2,19,20,22). The number of sulfone groups is 1. The molecule has 2 amide bonds. The van der Waals surface area contributed by atoms with Crippen molar-refractivity contribution < 1.29 is 17.9 Å². The van der Waals surface area contributed by atoms with Crippen molar-refractivity contribution in [1.82, 2.24) is 10.2 Å². The van der Waals surface area contributed by atoms with Crippen molar-refractivity contribution in [2.45, 2.75) is 32.7 Å². The van der Waals surface area contributed by atoms with Crippen molar-refractivity contribution >= 4 is 21.6 Å². The average Bonchev–Trinajstić information content (AvgIpc) is 2.62. The van der Waals surface area contributed by atoms with Gasteiger partial charge < -0.3 is 20.3 Å². The van der Waals surface area contributed by atoms with Crippen LogP contribution in [0.15, 0.2) is 24.3 Å². The Balaban J connectivity index is 1.85. The minimum atomic E-state index is -2.93. The Kier molecular flexibility index (Phi) is 7.71. The van der Waals surface area contributed by atoms with Crippen LogP contribution in [-0.4, -0.2) is 63.1 Å². The molecule has 1 aromatic carbocycles. The fourth-order valence-corrected chi connectivity index (χ4v) is 4.39. The van der Waals surface area contributed by atoms with Crippen molar-refractivity contribution in [2.75, 3.05) is 43.1 Å². The van der Waals surface area contributed by atoms with E-state index in [0.29, 0.717) is 30.9 Å². The smallest absolute Gasteiger partial charge is 0.319 e. The quantitative estimate of drug-likeness (QED) is 0.718. The summed E-state index contributed by atoms with van der Waals surface area (Å²) < 4.78 is 28.7. The average molecular weight is 384 g/mol. The van der Waals surface area contributed by atoms with Crippen LogP contribution in [0.4, 0.5) is 10.5 Å². The van der Waals surface area contributed by atoms with Crippen LogP contribution in [0.1, 0.15) is 26.7 Å². The Morgan fingerprint density at radius 1 is 1.19 bits per heavy atom. The molecule has 0 aromatic heterocycles. The number of anilines is 1. The third-order valence-electron chi connectivity index (χ3n) is 4.58. The Morgan fingerprint density at radius 3 is 2.50 bits per heavy atom. The van der Waals surface area contributed by atoms with Crippen LogP contribution in [-0.2, 0) is 9.84 Å². The zero-order valence-corrected chi connectivity index (χ0v) is 16.3. The van der Waals surface area contributed by atoms with Crippen molar-refractivity contribution in [1.29, 1.82) is 0 Å². The third-order valence-corrected chi connectivity index (χ3v) is 6.30. The maximum atomic E-state index is 12.2. The number of carbonyl (C=O) groups excluding carboxylic acids is 1. The predicted octanol–water partition coefficient (Wildman–Crippen LogP) is 2.11. The first kappa shape index (κ1) is 20.5. The number of para-hydroxylation sites is 2. The summed E-state index contributed by atoms with van der Waals surface area (Å²) in [5.41, 5.74) is 0.605. The summed E-state index contributed by atoms with van der Waals surface area (Å²) in [6, 6.07) is 6.85. The number of carbonyl (C=O) groups is 1. The van der Waals surface area contributed by atoms with Gasteiger partial charge in [0, 0.05) is 12.6 Å². The van der Waals surface area contributed by atoms with Gasteiger partial charge in [0.2, 0.25) is 0 Å². The van der Waals surface area contributed by atoms with E-state index in [-0.39, 0.29) is 23.6 Å². The zero-order chi connectivity index (χ0) is 19.0. The molecule has 0 aliphatic carbocycles. The number of hydrogen-bond acceptors (Lipinski definition) is 5. The van der Waals surface area contributed by atoms with Crippen LogP contribution in [0.25, 0.3) is 0 Å². The Hall–Kier alpha value is -1.80. The number of nitrogens with one attached hydrogen (secondary N) is 2. The van der Waals surface area contributed by atoms with Crippen LogP contribution in [0.5, 0.6) is 5.75 Å². The number of amides is 2. The van der Waals surface area contributed by atoms with Gasteiger partial charge in [-0.2, -0.15) is 0 Å². The van der Waals surface area contributed by atoms with Crippen LogP contribution in [0, 0.1) is 0 Å². The number of ether oxygens (including phenoxy) is 1. The van der Waals surface area contributed by atoms with Gasteiger partial charge in [0.05, 0.1) is 17.2 Å². The molecule has 0 bridgehead atoms. The molecule has 1 aromatic rings. The fraction of sp³-hybridized carbons (Fsp3) is 0.611. The summed E-state index contributed by atoms with van der Waals surface area (Å²) in [4.78, 5) is 14.5. The van der Waals surface area contributed by atoms with Crippen molar-refractivity contribution in [2.24, 2.45) is 0 Å². The minimum Gasteiger partial charge on any atom is -0.490 e. The first-order valence-electron chi connectivity index (χ1n) is 9.15. The molecule has 7 nitrogen and oxygen atoms in total. The van der Waals surface area contributed by atoms with Crippen LogP contribution in [0.2, 0.25) is 0 Å². The van der Waals surface area contributed by atoms with Gasteiger partial charge in [-0.15, -0.1) is 0 Å². The highest BCUT2D eigenvalue weighted by atomic mass is 32.2. The predicted molar refractivity (Wildman–Crippen MR) is 104 cm³/mol. The summed E-state index contributed by atoms with van der Waals surface area (Å²) >= 11 is 0. The molecule has 1 aliphatic rings. The number of benzene rings is 1. The van der Waals surface area contributed by atoms with Crippen LogP contribution in [0.3, 0.4) is 0 Å². The van der Waals surface area contributed by atoms with Gasteiger partial charge in [-0.05, 0) is 38.1 Å². The number of rotatable bonds is 8. The van der Waals surface area contributed by atoms with E-state index >= 15 is 0 Å². The molecule has 2 N–H and O–H groups in total. The van der Waals surface area contributed by atoms with Crippen LogP contribution < -0.4 is 15.4 Å². The van der Waals surface area contributed by atoms with Gasteiger partial charge in [-0.3, -0.25) is 0 Å². The van der Waals surface area contributed by atoms with Crippen molar-refractivity contribution in [3.05, 3.63) is 24.3 Å². The lowest BCUT2D eigenvalue weighted by Gasteiger charge is -2.23. The summed E-state index contributed by atoms with van der Waals surface area (Å²) in [5.74, 6) is 0.882. The number of urea groups is 1. The molecule has 1 saturated heterocycles. The molecule has 1 fully saturated rings. The number of likely N-dealkylation sites (N-methyl/N-ethyl adjacent to an activating group) is 1. The van der Waals surface area contributed by atoms with E-state index in [9.17, 15) is 13.2 Å². The monoisotopic (exact) mass is 383 g/mol. The summed E-state index contributed by atoms with van der Waals surface area (Å²) in [6.07, 6.45) is 0.912. The lowest BCUT2D eigenvalue weighted by atomic mass is 10.2. The maximum Gasteiger partial charge on any atom is 0.319 e. The molecular formula is C18H29N3O4S. The highest BCUT2D eigenvalue weighted by Gasteiger charge is 2.24. The van der Waals surface area contributed by atoms with E-state index in [1.807, 2.05) is 18.2 Å². The topological polar surface area (TPSA) is 87.7 Å². The largest absolute Gasteiger partial charge is 0.490 e. The molecule has 0 atom stereocenters. The number of nitrogens with zero attached hydrogens (tertiary/aromatic N) is 1. The van der Waals surface area contributed by atoms with Gasteiger partial charge in [0.1, 0.15) is 22.2 Å². The third kappa shape index (κ3) is 6.49.